The van der Waals surface area contributed by atoms with Crippen molar-refractivity contribution in [1.82, 2.24) is 4.98 Å². The Morgan fingerprint density at radius 1 is 1.42 bits per heavy atom. The van der Waals surface area contributed by atoms with Gasteiger partial charge >= 0.3 is 5.97 Å². The summed E-state index contributed by atoms with van der Waals surface area (Å²) in [6.45, 7) is 2.08. The number of hydrogen-bond acceptors (Lipinski definition) is 4. The Morgan fingerprint density at radius 2 is 2.21 bits per heavy atom. The molecule has 5 heteroatoms. The van der Waals surface area contributed by atoms with Crippen LogP contribution in [0.15, 0.2) is 41.0 Å². The van der Waals surface area contributed by atoms with Crippen molar-refractivity contribution >= 4 is 27.6 Å². The van der Waals surface area contributed by atoms with E-state index >= 15 is 0 Å². The van der Waals surface area contributed by atoms with E-state index < -0.39 is 5.97 Å². The molecule has 2 N–H and O–H groups in total. The third-order valence-corrected chi connectivity index (χ3v) is 3.41. The maximum atomic E-state index is 11.9. The Morgan fingerprint density at radius 3 is 2.89 bits per heavy atom. The molecule has 0 fully saturated rings. The maximum Gasteiger partial charge on any atom is 0.338 e. The van der Waals surface area contributed by atoms with E-state index in [9.17, 15) is 4.79 Å². The number of halogens is 1. The van der Waals surface area contributed by atoms with Crippen LogP contribution in [0.3, 0.4) is 0 Å². The predicted molar refractivity (Wildman–Crippen MR) is 76.6 cm³/mol. The van der Waals surface area contributed by atoms with Gasteiger partial charge in [0, 0.05) is 16.4 Å². The van der Waals surface area contributed by atoms with Crippen molar-refractivity contribution in [2.24, 2.45) is 0 Å². The number of esters is 1. The largest absolute Gasteiger partial charge is 0.456 e. The number of carbonyl (C=O) groups excluding carboxylic acids is 1. The Kier molecular flexibility index (Phi) is 4.16. The van der Waals surface area contributed by atoms with Crippen molar-refractivity contribution in [1.29, 1.82) is 0 Å². The van der Waals surface area contributed by atoms with Crippen LogP contribution < -0.4 is 5.73 Å². The monoisotopic (exact) mass is 320 g/mol. The fraction of sp³-hybridized carbons (Fsp3) is 0.143. The first-order valence-electron chi connectivity index (χ1n) is 5.70. The number of benzene rings is 1. The van der Waals surface area contributed by atoms with E-state index in [1.165, 1.54) is 0 Å². The van der Waals surface area contributed by atoms with Crippen LogP contribution in [-0.4, -0.2) is 11.0 Å². The summed E-state index contributed by atoms with van der Waals surface area (Å²) < 4.78 is 5.97. The summed E-state index contributed by atoms with van der Waals surface area (Å²) in [7, 11) is 0. The molecule has 0 spiro atoms. The third kappa shape index (κ3) is 3.32. The van der Waals surface area contributed by atoms with Crippen molar-refractivity contribution in [2.75, 3.05) is 5.73 Å². The molecule has 0 aliphatic heterocycles. The lowest BCUT2D eigenvalue weighted by atomic mass is 10.2. The van der Waals surface area contributed by atoms with Crippen LogP contribution >= 0.6 is 15.9 Å². The average molecular weight is 321 g/mol. The fourth-order valence-corrected chi connectivity index (χ4v) is 1.80. The lowest BCUT2D eigenvalue weighted by Gasteiger charge is -2.07. The molecule has 1 aromatic heterocycles. The second-order valence-corrected chi connectivity index (χ2v) is 4.93. The summed E-state index contributed by atoms with van der Waals surface area (Å²) in [4.78, 5) is 16.0. The number of nitrogens with zero attached hydrogens (tertiary/aromatic N) is 1. The molecule has 0 unspecified atom stereocenters. The van der Waals surface area contributed by atoms with Gasteiger partial charge in [-0.05, 0) is 52.7 Å². The standard InChI is InChI=1S/C14H13BrN2O2/c1-9-3-2-6-17-13(9)8-19-14(18)10-4-5-11(15)12(16)7-10/h2-7H,8,16H2,1H3. The van der Waals surface area contributed by atoms with Crippen molar-refractivity contribution in [2.45, 2.75) is 13.5 Å². The van der Waals surface area contributed by atoms with Crippen LogP contribution in [0.5, 0.6) is 0 Å². The van der Waals surface area contributed by atoms with Crippen molar-refractivity contribution in [3.05, 3.63) is 57.8 Å². The van der Waals surface area contributed by atoms with E-state index in [1.807, 2.05) is 19.1 Å². The third-order valence-electron chi connectivity index (χ3n) is 2.69. The van der Waals surface area contributed by atoms with Crippen LogP contribution in [0.1, 0.15) is 21.6 Å². The number of aryl methyl sites for hydroxylation is 1. The van der Waals surface area contributed by atoms with E-state index in [4.69, 9.17) is 10.5 Å². The van der Waals surface area contributed by atoms with Gasteiger partial charge in [0.1, 0.15) is 6.61 Å². The highest BCUT2D eigenvalue weighted by Gasteiger charge is 2.10. The molecule has 19 heavy (non-hydrogen) atoms. The predicted octanol–water partition coefficient (Wildman–Crippen LogP) is 3.09. The van der Waals surface area contributed by atoms with E-state index in [2.05, 4.69) is 20.9 Å². The van der Waals surface area contributed by atoms with Gasteiger partial charge < -0.3 is 10.5 Å². The van der Waals surface area contributed by atoms with Gasteiger partial charge in [-0.2, -0.15) is 0 Å². The second kappa shape index (κ2) is 5.84. The van der Waals surface area contributed by atoms with Gasteiger partial charge in [-0.3, -0.25) is 4.98 Å². The summed E-state index contributed by atoms with van der Waals surface area (Å²) in [5, 5.41) is 0. The molecule has 1 aromatic carbocycles. The van der Waals surface area contributed by atoms with E-state index in [0.29, 0.717) is 11.3 Å². The highest BCUT2D eigenvalue weighted by molar-refractivity contribution is 9.10. The first-order valence-corrected chi connectivity index (χ1v) is 6.50. The number of pyridine rings is 1. The fourth-order valence-electron chi connectivity index (χ4n) is 1.56. The lowest BCUT2D eigenvalue weighted by molar-refractivity contribution is 0.0467. The SMILES string of the molecule is Cc1cccnc1COC(=O)c1ccc(Br)c(N)c1. The minimum absolute atomic E-state index is 0.154. The first kappa shape index (κ1) is 13.5. The molecule has 0 radical (unpaired) electrons. The van der Waals surface area contributed by atoms with Crippen LogP contribution in [0.2, 0.25) is 0 Å². The summed E-state index contributed by atoms with van der Waals surface area (Å²) in [5.41, 5.74) is 8.39. The molecular formula is C14H13BrN2O2. The van der Waals surface area contributed by atoms with Crippen LogP contribution in [0, 0.1) is 6.92 Å². The van der Waals surface area contributed by atoms with Crippen LogP contribution in [-0.2, 0) is 11.3 Å². The van der Waals surface area contributed by atoms with Gasteiger partial charge in [0.15, 0.2) is 0 Å². The summed E-state index contributed by atoms with van der Waals surface area (Å²) in [6.07, 6.45) is 1.67. The zero-order valence-electron chi connectivity index (χ0n) is 10.4. The summed E-state index contributed by atoms with van der Waals surface area (Å²) in [6, 6.07) is 8.73. The van der Waals surface area contributed by atoms with E-state index in [-0.39, 0.29) is 6.61 Å². The quantitative estimate of drug-likeness (QED) is 0.697. The number of nitrogens with two attached hydrogens (primary N) is 1. The lowest BCUT2D eigenvalue weighted by Crippen LogP contribution is -2.07. The van der Waals surface area contributed by atoms with Gasteiger partial charge in [-0.1, -0.05) is 6.07 Å². The normalized spacial score (nSPS) is 10.2. The Balaban J connectivity index is 2.05. The molecule has 0 amide bonds. The van der Waals surface area contributed by atoms with Crippen molar-refractivity contribution in [3.8, 4) is 0 Å². The molecule has 2 rings (SSSR count). The Bertz CT molecular complexity index is 614. The average Bonchev–Trinajstić information content (AvgIpc) is 2.40. The molecule has 0 saturated carbocycles. The Hall–Kier alpha value is -1.88. The number of aromatic nitrogens is 1. The molecule has 0 aliphatic carbocycles. The van der Waals surface area contributed by atoms with Crippen LogP contribution in [0.4, 0.5) is 5.69 Å². The van der Waals surface area contributed by atoms with E-state index in [1.54, 1.807) is 24.4 Å². The molecule has 0 bridgehead atoms. The molecular weight excluding hydrogens is 308 g/mol. The summed E-state index contributed by atoms with van der Waals surface area (Å²) in [5.74, 6) is -0.413. The van der Waals surface area contributed by atoms with Gasteiger partial charge in [0.25, 0.3) is 0 Å². The number of ether oxygens (including phenoxy) is 1. The molecule has 0 aliphatic rings. The highest BCUT2D eigenvalue weighted by Crippen LogP contribution is 2.20. The number of carbonyl (C=O) groups is 1. The minimum atomic E-state index is -0.413. The van der Waals surface area contributed by atoms with Gasteiger partial charge in [0.05, 0.1) is 11.3 Å². The molecule has 1 heterocycles. The topological polar surface area (TPSA) is 65.2 Å². The zero-order chi connectivity index (χ0) is 13.8. The molecule has 0 atom stereocenters. The Labute approximate surface area is 119 Å². The molecule has 2 aromatic rings. The zero-order valence-corrected chi connectivity index (χ0v) is 12.0. The number of hydrogen-bond donors (Lipinski definition) is 1. The highest BCUT2D eigenvalue weighted by atomic mass is 79.9. The maximum absolute atomic E-state index is 11.9. The van der Waals surface area contributed by atoms with Gasteiger partial charge in [-0.25, -0.2) is 4.79 Å². The molecule has 0 saturated heterocycles. The first-order chi connectivity index (χ1) is 9.08. The van der Waals surface area contributed by atoms with E-state index in [0.717, 1.165) is 15.7 Å². The summed E-state index contributed by atoms with van der Waals surface area (Å²) >= 11 is 3.28. The smallest absolute Gasteiger partial charge is 0.338 e. The minimum Gasteiger partial charge on any atom is -0.456 e. The van der Waals surface area contributed by atoms with Crippen molar-refractivity contribution < 1.29 is 9.53 Å². The van der Waals surface area contributed by atoms with Gasteiger partial charge in [-0.15, -0.1) is 0 Å². The van der Waals surface area contributed by atoms with Crippen LogP contribution in [0.25, 0.3) is 0 Å². The van der Waals surface area contributed by atoms with Gasteiger partial charge in [0.2, 0.25) is 0 Å². The number of nitrogen functional groups attached to an aromatic ring is 1. The van der Waals surface area contributed by atoms with Crippen molar-refractivity contribution in [3.63, 3.8) is 0 Å². The second-order valence-electron chi connectivity index (χ2n) is 4.08. The number of anilines is 1. The number of rotatable bonds is 3. The molecule has 98 valence electrons. The molecule has 4 nitrogen and oxygen atoms in total.